The van der Waals surface area contributed by atoms with Crippen molar-refractivity contribution < 1.29 is 23.9 Å². The number of carbonyl (C=O) groups is 3. The van der Waals surface area contributed by atoms with Crippen molar-refractivity contribution in [2.24, 2.45) is 5.73 Å². The lowest BCUT2D eigenvalue weighted by Gasteiger charge is -2.33. The van der Waals surface area contributed by atoms with Crippen molar-refractivity contribution in [3.05, 3.63) is 34.8 Å². The number of primary amides is 1. The molecule has 3 rings (SSSR count). The van der Waals surface area contributed by atoms with Gasteiger partial charge in [-0.25, -0.2) is 9.78 Å². The van der Waals surface area contributed by atoms with Crippen LogP contribution < -0.4 is 10.5 Å². The number of piperidine rings is 1. The number of nitrogens with zero attached hydrogens (tertiary/aromatic N) is 2. The molecule has 0 aliphatic carbocycles. The third-order valence-corrected chi connectivity index (χ3v) is 5.98. The molecule has 1 aliphatic heterocycles. The molecule has 2 N–H and O–H groups in total. The Balaban J connectivity index is 1.65. The summed E-state index contributed by atoms with van der Waals surface area (Å²) in [5.74, 6) is -0.834. The predicted octanol–water partition coefficient (Wildman–Crippen LogP) is 2.15. The molecular formula is C20H23N3O5S. The summed E-state index contributed by atoms with van der Waals surface area (Å²) in [6.07, 6.45) is 2.17. The zero-order valence-electron chi connectivity index (χ0n) is 16.3. The van der Waals surface area contributed by atoms with E-state index in [2.05, 4.69) is 4.98 Å². The second-order valence-corrected chi connectivity index (χ2v) is 7.74. The summed E-state index contributed by atoms with van der Waals surface area (Å²) in [5, 5.41) is 0.674. The molecule has 1 atom stereocenters. The molecular weight excluding hydrogens is 394 g/mol. The zero-order valence-corrected chi connectivity index (χ0v) is 17.2. The van der Waals surface area contributed by atoms with Gasteiger partial charge in [-0.1, -0.05) is 0 Å². The fourth-order valence-corrected chi connectivity index (χ4v) is 4.21. The fraction of sp³-hybridized carbons (Fsp3) is 0.400. The van der Waals surface area contributed by atoms with Crippen molar-refractivity contribution in [3.8, 4) is 16.3 Å². The molecule has 0 spiro atoms. The highest BCUT2D eigenvalue weighted by Crippen LogP contribution is 2.29. The number of rotatable bonds is 6. The number of esters is 1. The lowest BCUT2D eigenvalue weighted by atomic mass is 10.0. The lowest BCUT2D eigenvalue weighted by molar-refractivity contribution is -0.143. The smallest absolute Gasteiger partial charge is 0.350 e. The van der Waals surface area contributed by atoms with Gasteiger partial charge >= 0.3 is 5.97 Å². The van der Waals surface area contributed by atoms with Crippen molar-refractivity contribution in [2.75, 3.05) is 20.3 Å². The molecule has 1 aromatic carbocycles. The van der Waals surface area contributed by atoms with Crippen molar-refractivity contribution >= 4 is 29.1 Å². The quantitative estimate of drug-likeness (QED) is 0.721. The van der Waals surface area contributed by atoms with E-state index < -0.39 is 30.4 Å². The molecule has 9 heteroatoms. The van der Waals surface area contributed by atoms with Crippen molar-refractivity contribution in [1.82, 2.24) is 9.88 Å². The van der Waals surface area contributed by atoms with E-state index >= 15 is 0 Å². The largest absolute Gasteiger partial charge is 0.497 e. The van der Waals surface area contributed by atoms with Gasteiger partial charge in [0.2, 0.25) is 5.91 Å². The van der Waals surface area contributed by atoms with Crippen molar-refractivity contribution in [1.29, 1.82) is 0 Å². The third kappa shape index (κ3) is 4.73. The Kier molecular flexibility index (Phi) is 6.48. The summed E-state index contributed by atoms with van der Waals surface area (Å²) < 4.78 is 10.3. The predicted molar refractivity (Wildman–Crippen MR) is 108 cm³/mol. The van der Waals surface area contributed by atoms with Gasteiger partial charge in [0.15, 0.2) is 6.61 Å². The van der Waals surface area contributed by atoms with E-state index in [0.717, 1.165) is 24.2 Å². The van der Waals surface area contributed by atoms with Crippen LogP contribution in [0.5, 0.6) is 5.75 Å². The first-order chi connectivity index (χ1) is 13.9. The third-order valence-electron chi connectivity index (χ3n) is 4.80. The Morgan fingerprint density at radius 1 is 1.24 bits per heavy atom. The zero-order chi connectivity index (χ0) is 21.0. The maximum Gasteiger partial charge on any atom is 0.350 e. The second kappa shape index (κ2) is 9.04. The van der Waals surface area contributed by atoms with E-state index in [1.807, 2.05) is 24.3 Å². The molecule has 2 aromatic rings. The molecule has 2 amide bonds. The van der Waals surface area contributed by atoms with E-state index in [9.17, 15) is 14.4 Å². The SMILES string of the molecule is COc1ccc(-c2nc(C)c(C(=O)OCC(=O)N3CCCC[C@H]3C(N)=O)s2)cc1. The lowest BCUT2D eigenvalue weighted by Crippen LogP contribution is -2.51. The minimum atomic E-state index is -0.637. The molecule has 1 aromatic heterocycles. The molecule has 1 saturated heterocycles. The normalized spacial score (nSPS) is 16.3. The van der Waals surface area contributed by atoms with Gasteiger partial charge < -0.3 is 20.1 Å². The number of carbonyl (C=O) groups excluding carboxylic acids is 3. The molecule has 2 heterocycles. The Hall–Kier alpha value is -2.94. The van der Waals surface area contributed by atoms with E-state index in [0.29, 0.717) is 28.5 Å². The van der Waals surface area contributed by atoms with E-state index in [-0.39, 0.29) is 0 Å². The number of hydrogen-bond acceptors (Lipinski definition) is 7. The number of benzene rings is 1. The van der Waals surface area contributed by atoms with Crippen molar-refractivity contribution in [2.45, 2.75) is 32.2 Å². The molecule has 1 aliphatic rings. The molecule has 29 heavy (non-hydrogen) atoms. The van der Waals surface area contributed by atoms with Crippen LogP contribution in [0.3, 0.4) is 0 Å². The number of hydrogen-bond donors (Lipinski definition) is 1. The number of methoxy groups -OCH3 is 1. The van der Waals surface area contributed by atoms with Crippen LogP contribution >= 0.6 is 11.3 Å². The van der Waals surface area contributed by atoms with E-state index in [1.54, 1.807) is 14.0 Å². The highest BCUT2D eigenvalue weighted by molar-refractivity contribution is 7.17. The number of ether oxygens (including phenoxy) is 2. The first-order valence-electron chi connectivity index (χ1n) is 9.28. The first kappa shape index (κ1) is 20.8. The highest BCUT2D eigenvalue weighted by Gasteiger charge is 2.31. The Morgan fingerprint density at radius 2 is 1.97 bits per heavy atom. The van der Waals surface area contributed by atoms with Gasteiger partial charge in [-0.3, -0.25) is 9.59 Å². The average molecular weight is 417 g/mol. The minimum absolute atomic E-state index is 0.341. The van der Waals surface area contributed by atoms with Crippen LogP contribution in [0.25, 0.3) is 10.6 Å². The van der Waals surface area contributed by atoms with Gasteiger partial charge in [0.25, 0.3) is 5.91 Å². The summed E-state index contributed by atoms with van der Waals surface area (Å²) in [7, 11) is 1.59. The Morgan fingerprint density at radius 3 is 2.62 bits per heavy atom. The molecule has 0 unspecified atom stereocenters. The van der Waals surface area contributed by atoms with Crippen molar-refractivity contribution in [3.63, 3.8) is 0 Å². The number of thiazole rings is 1. The van der Waals surface area contributed by atoms with Gasteiger partial charge in [0, 0.05) is 12.1 Å². The number of amides is 2. The number of aromatic nitrogens is 1. The summed E-state index contributed by atoms with van der Waals surface area (Å²) in [6.45, 7) is 1.72. The summed E-state index contributed by atoms with van der Waals surface area (Å²) in [5.41, 5.74) is 6.77. The number of nitrogens with two attached hydrogens (primary N) is 1. The van der Waals surface area contributed by atoms with Crippen LogP contribution in [-0.4, -0.2) is 54.0 Å². The first-order valence-corrected chi connectivity index (χ1v) is 10.1. The van der Waals surface area contributed by atoms with Gasteiger partial charge in [0.1, 0.15) is 21.7 Å². The minimum Gasteiger partial charge on any atom is -0.497 e. The summed E-state index contributed by atoms with van der Waals surface area (Å²) in [4.78, 5) is 42.6. The molecule has 0 saturated carbocycles. The second-order valence-electron chi connectivity index (χ2n) is 6.74. The monoisotopic (exact) mass is 417 g/mol. The van der Waals surface area contributed by atoms with Gasteiger partial charge in [-0.2, -0.15) is 0 Å². The molecule has 154 valence electrons. The van der Waals surface area contributed by atoms with Crippen LogP contribution in [0.2, 0.25) is 0 Å². The van der Waals surface area contributed by atoms with Crippen LogP contribution in [0.4, 0.5) is 0 Å². The van der Waals surface area contributed by atoms with E-state index in [4.69, 9.17) is 15.2 Å². The standard InChI is InChI=1S/C20H23N3O5S/c1-12-17(29-19(22-12)13-6-8-14(27-2)9-7-13)20(26)28-11-16(24)23-10-4-3-5-15(23)18(21)25/h6-9,15H,3-5,10-11H2,1-2H3,(H2,21,25)/t15-/m0/s1. The highest BCUT2D eigenvalue weighted by atomic mass is 32.1. The Bertz CT molecular complexity index is 909. The summed E-state index contributed by atoms with van der Waals surface area (Å²) in [6, 6.07) is 6.71. The van der Waals surface area contributed by atoms with Gasteiger partial charge in [-0.15, -0.1) is 11.3 Å². The van der Waals surface area contributed by atoms with Gasteiger partial charge in [0.05, 0.1) is 12.8 Å². The van der Waals surface area contributed by atoms with Gasteiger partial charge in [-0.05, 0) is 50.5 Å². The fourth-order valence-electron chi connectivity index (χ4n) is 3.24. The van der Waals surface area contributed by atoms with Crippen LogP contribution in [0, 0.1) is 6.92 Å². The molecule has 0 radical (unpaired) electrons. The average Bonchev–Trinajstić information content (AvgIpc) is 3.13. The molecule has 0 bridgehead atoms. The maximum absolute atomic E-state index is 12.5. The number of aryl methyl sites for hydroxylation is 1. The number of likely N-dealkylation sites (tertiary alicyclic amines) is 1. The van der Waals surface area contributed by atoms with Crippen LogP contribution in [0.1, 0.15) is 34.6 Å². The molecule has 8 nitrogen and oxygen atoms in total. The topological polar surface area (TPSA) is 112 Å². The van der Waals surface area contributed by atoms with Crippen LogP contribution in [-0.2, 0) is 14.3 Å². The summed E-state index contributed by atoms with van der Waals surface area (Å²) >= 11 is 1.20. The Labute approximate surface area is 172 Å². The van der Waals surface area contributed by atoms with E-state index in [1.165, 1.54) is 16.2 Å². The van der Waals surface area contributed by atoms with Crippen LogP contribution in [0.15, 0.2) is 24.3 Å². The molecule has 1 fully saturated rings. The maximum atomic E-state index is 12.5.